The SMILES string of the molecule is CCCC(O)CNC(=O)C(C)(N)CCC. The third-order valence-electron chi connectivity index (χ3n) is 2.41. The molecular weight excluding hydrogens is 192 g/mol. The number of carbonyl (C=O) groups is 1. The number of amides is 1. The van der Waals surface area contributed by atoms with Crippen molar-refractivity contribution in [2.45, 2.75) is 58.1 Å². The van der Waals surface area contributed by atoms with E-state index in [1.165, 1.54) is 0 Å². The quantitative estimate of drug-likeness (QED) is 0.588. The molecule has 0 aromatic heterocycles. The van der Waals surface area contributed by atoms with Crippen molar-refractivity contribution < 1.29 is 9.90 Å². The summed E-state index contributed by atoms with van der Waals surface area (Å²) in [6, 6.07) is 0. The third-order valence-corrected chi connectivity index (χ3v) is 2.41. The molecule has 0 aliphatic heterocycles. The van der Waals surface area contributed by atoms with Crippen LogP contribution in [0.1, 0.15) is 46.5 Å². The van der Waals surface area contributed by atoms with Gasteiger partial charge in [-0.1, -0.05) is 26.7 Å². The van der Waals surface area contributed by atoms with Crippen LogP contribution >= 0.6 is 0 Å². The van der Waals surface area contributed by atoms with Crippen LogP contribution in [0.3, 0.4) is 0 Å². The van der Waals surface area contributed by atoms with Crippen molar-refractivity contribution in [3.05, 3.63) is 0 Å². The van der Waals surface area contributed by atoms with Crippen LogP contribution in [0, 0.1) is 0 Å². The van der Waals surface area contributed by atoms with Crippen molar-refractivity contribution in [3.63, 3.8) is 0 Å². The smallest absolute Gasteiger partial charge is 0.239 e. The lowest BCUT2D eigenvalue weighted by molar-refractivity contribution is -0.126. The van der Waals surface area contributed by atoms with Crippen LogP contribution in [-0.2, 0) is 4.79 Å². The maximum atomic E-state index is 11.6. The third kappa shape index (κ3) is 5.74. The molecule has 90 valence electrons. The highest BCUT2D eigenvalue weighted by atomic mass is 16.3. The van der Waals surface area contributed by atoms with Gasteiger partial charge in [0.1, 0.15) is 0 Å². The monoisotopic (exact) mass is 216 g/mol. The van der Waals surface area contributed by atoms with Gasteiger partial charge in [0.15, 0.2) is 0 Å². The standard InChI is InChI=1S/C11H24N2O2/c1-4-6-9(14)8-13-10(15)11(3,12)7-5-2/h9,14H,4-8,12H2,1-3H3,(H,13,15). The van der Waals surface area contributed by atoms with Gasteiger partial charge in [0, 0.05) is 6.54 Å². The average Bonchev–Trinajstić information content (AvgIpc) is 2.14. The zero-order valence-electron chi connectivity index (χ0n) is 10.0. The molecule has 0 aliphatic rings. The number of hydrogen-bond donors (Lipinski definition) is 3. The van der Waals surface area contributed by atoms with Gasteiger partial charge in [-0.2, -0.15) is 0 Å². The molecule has 4 N–H and O–H groups in total. The molecule has 1 amide bonds. The van der Waals surface area contributed by atoms with Crippen LogP contribution in [0.5, 0.6) is 0 Å². The first-order chi connectivity index (χ1) is 6.94. The molecule has 0 spiro atoms. The topological polar surface area (TPSA) is 75.3 Å². The minimum Gasteiger partial charge on any atom is -0.391 e. The normalized spacial score (nSPS) is 16.9. The Labute approximate surface area is 92.2 Å². The van der Waals surface area contributed by atoms with Gasteiger partial charge in [-0.15, -0.1) is 0 Å². The Bertz CT molecular complexity index is 193. The minimum atomic E-state index is -0.819. The lowest BCUT2D eigenvalue weighted by Gasteiger charge is -2.23. The number of aliphatic hydroxyl groups excluding tert-OH is 1. The van der Waals surface area contributed by atoms with Crippen LogP contribution in [0.4, 0.5) is 0 Å². The van der Waals surface area contributed by atoms with E-state index in [1.54, 1.807) is 6.92 Å². The summed E-state index contributed by atoms with van der Waals surface area (Å²) in [7, 11) is 0. The second-order valence-electron chi connectivity index (χ2n) is 4.32. The van der Waals surface area contributed by atoms with Crippen molar-refractivity contribution in [1.82, 2.24) is 5.32 Å². The summed E-state index contributed by atoms with van der Waals surface area (Å²) in [4.78, 5) is 11.6. The van der Waals surface area contributed by atoms with Gasteiger partial charge in [-0.05, 0) is 19.8 Å². The molecule has 0 aromatic carbocycles. The van der Waals surface area contributed by atoms with Gasteiger partial charge in [0.05, 0.1) is 11.6 Å². The Morgan fingerprint density at radius 2 is 2.07 bits per heavy atom. The molecule has 0 fully saturated rings. The highest BCUT2D eigenvalue weighted by Crippen LogP contribution is 2.08. The number of rotatable bonds is 7. The molecule has 2 unspecified atom stereocenters. The van der Waals surface area contributed by atoms with E-state index >= 15 is 0 Å². The molecule has 0 aliphatic carbocycles. The molecular formula is C11H24N2O2. The molecule has 0 saturated carbocycles. The maximum absolute atomic E-state index is 11.6. The number of aliphatic hydroxyl groups is 1. The van der Waals surface area contributed by atoms with Crippen molar-refractivity contribution in [2.75, 3.05) is 6.54 Å². The summed E-state index contributed by atoms with van der Waals surface area (Å²) in [6.45, 7) is 6.00. The van der Waals surface area contributed by atoms with E-state index in [-0.39, 0.29) is 5.91 Å². The fraction of sp³-hybridized carbons (Fsp3) is 0.909. The van der Waals surface area contributed by atoms with E-state index < -0.39 is 11.6 Å². The predicted molar refractivity (Wildman–Crippen MR) is 61.4 cm³/mol. The minimum absolute atomic E-state index is 0.181. The van der Waals surface area contributed by atoms with Crippen LogP contribution < -0.4 is 11.1 Å². The Morgan fingerprint density at radius 1 is 1.47 bits per heavy atom. The maximum Gasteiger partial charge on any atom is 0.239 e. The van der Waals surface area contributed by atoms with Crippen LogP contribution in [0.15, 0.2) is 0 Å². The van der Waals surface area contributed by atoms with Crippen molar-refractivity contribution >= 4 is 5.91 Å². The molecule has 0 radical (unpaired) electrons. The Kier molecular flexibility index (Phi) is 6.52. The zero-order chi connectivity index (χ0) is 11.9. The average molecular weight is 216 g/mol. The second-order valence-corrected chi connectivity index (χ2v) is 4.32. The highest BCUT2D eigenvalue weighted by molar-refractivity contribution is 5.85. The summed E-state index contributed by atoms with van der Waals surface area (Å²) in [6.07, 6.45) is 2.68. The van der Waals surface area contributed by atoms with E-state index in [0.717, 1.165) is 12.8 Å². The second kappa shape index (κ2) is 6.80. The molecule has 4 heteroatoms. The van der Waals surface area contributed by atoms with Gasteiger partial charge in [-0.25, -0.2) is 0 Å². The van der Waals surface area contributed by atoms with Gasteiger partial charge >= 0.3 is 0 Å². The summed E-state index contributed by atoms with van der Waals surface area (Å²) in [5.74, 6) is -0.181. The molecule has 4 nitrogen and oxygen atoms in total. The molecule has 0 bridgehead atoms. The lowest BCUT2D eigenvalue weighted by Crippen LogP contribution is -2.52. The molecule has 0 saturated heterocycles. The predicted octanol–water partition coefficient (Wildman–Crippen LogP) is 0.781. The van der Waals surface area contributed by atoms with Gasteiger partial charge < -0.3 is 16.2 Å². The summed E-state index contributed by atoms with van der Waals surface area (Å²) in [5, 5.41) is 12.1. The van der Waals surface area contributed by atoms with Crippen molar-refractivity contribution in [3.8, 4) is 0 Å². The van der Waals surface area contributed by atoms with Crippen LogP contribution in [0.25, 0.3) is 0 Å². The number of carbonyl (C=O) groups excluding carboxylic acids is 1. The van der Waals surface area contributed by atoms with Crippen molar-refractivity contribution in [2.24, 2.45) is 5.73 Å². The lowest BCUT2D eigenvalue weighted by atomic mass is 9.96. The van der Waals surface area contributed by atoms with Crippen molar-refractivity contribution in [1.29, 1.82) is 0 Å². The van der Waals surface area contributed by atoms with E-state index in [0.29, 0.717) is 19.4 Å². The Morgan fingerprint density at radius 3 is 2.53 bits per heavy atom. The fourth-order valence-electron chi connectivity index (χ4n) is 1.48. The molecule has 0 aromatic rings. The summed E-state index contributed by atoms with van der Waals surface area (Å²) in [5.41, 5.74) is 5.02. The Hall–Kier alpha value is -0.610. The fourth-order valence-corrected chi connectivity index (χ4v) is 1.48. The summed E-state index contributed by atoms with van der Waals surface area (Å²) < 4.78 is 0. The first-order valence-corrected chi connectivity index (χ1v) is 5.69. The summed E-state index contributed by atoms with van der Waals surface area (Å²) >= 11 is 0. The molecule has 0 heterocycles. The first-order valence-electron chi connectivity index (χ1n) is 5.69. The van der Waals surface area contributed by atoms with Crippen LogP contribution in [-0.4, -0.2) is 29.2 Å². The van der Waals surface area contributed by atoms with E-state index in [2.05, 4.69) is 5.32 Å². The van der Waals surface area contributed by atoms with E-state index in [4.69, 9.17) is 5.73 Å². The first kappa shape index (κ1) is 14.4. The zero-order valence-corrected chi connectivity index (χ0v) is 10.0. The van der Waals surface area contributed by atoms with Gasteiger partial charge in [0.2, 0.25) is 5.91 Å². The van der Waals surface area contributed by atoms with Gasteiger partial charge in [-0.3, -0.25) is 4.79 Å². The van der Waals surface area contributed by atoms with Gasteiger partial charge in [0.25, 0.3) is 0 Å². The number of nitrogens with one attached hydrogen (secondary N) is 1. The van der Waals surface area contributed by atoms with E-state index in [9.17, 15) is 9.90 Å². The highest BCUT2D eigenvalue weighted by Gasteiger charge is 2.26. The Balaban J connectivity index is 3.92. The largest absolute Gasteiger partial charge is 0.391 e. The molecule has 2 atom stereocenters. The molecule has 0 rings (SSSR count). The number of nitrogens with two attached hydrogens (primary N) is 1. The van der Waals surface area contributed by atoms with E-state index in [1.807, 2.05) is 13.8 Å². The number of hydrogen-bond acceptors (Lipinski definition) is 3. The molecule has 15 heavy (non-hydrogen) atoms. The van der Waals surface area contributed by atoms with Crippen LogP contribution in [0.2, 0.25) is 0 Å².